The van der Waals surface area contributed by atoms with Crippen LogP contribution in [-0.4, -0.2) is 34.7 Å². The van der Waals surface area contributed by atoms with E-state index in [9.17, 15) is 19.7 Å². The van der Waals surface area contributed by atoms with Gasteiger partial charge in [0.15, 0.2) is 0 Å². The summed E-state index contributed by atoms with van der Waals surface area (Å²) in [4.78, 5) is 36.2. The fraction of sp³-hybridized carbons (Fsp3) is 0.412. The Labute approximate surface area is 141 Å². The van der Waals surface area contributed by atoms with Crippen molar-refractivity contribution >= 4 is 23.6 Å². The number of carbonyl (C=O) groups is 2. The van der Waals surface area contributed by atoms with Crippen molar-refractivity contribution < 1.29 is 14.5 Å². The highest BCUT2D eigenvalue weighted by atomic mass is 16.6. The molecule has 0 unspecified atom stereocenters. The third kappa shape index (κ3) is 5.83. The minimum atomic E-state index is -0.502. The summed E-state index contributed by atoms with van der Waals surface area (Å²) in [5, 5.41) is 13.4. The largest absolute Gasteiger partial charge is 0.337 e. The van der Waals surface area contributed by atoms with Crippen LogP contribution in [0.5, 0.6) is 0 Å². The summed E-state index contributed by atoms with van der Waals surface area (Å²) >= 11 is 0. The number of nitro groups is 1. The number of nitrogens with one attached hydrogen (secondary N) is 1. The predicted molar refractivity (Wildman–Crippen MR) is 92.1 cm³/mol. The predicted octanol–water partition coefficient (Wildman–Crippen LogP) is 2.72. The molecular weight excluding hydrogens is 310 g/mol. The molecule has 1 aromatic rings. The van der Waals surface area contributed by atoms with Gasteiger partial charge >= 0.3 is 0 Å². The summed E-state index contributed by atoms with van der Waals surface area (Å²) in [6.07, 6.45) is 3.07. The molecule has 1 rings (SSSR count). The Hall–Kier alpha value is -2.70. The zero-order chi connectivity index (χ0) is 18.1. The van der Waals surface area contributed by atoms with Crippen LogP contribution >= 0.6 is 0 Å². The van der Waals surface area contributed by atoms with Crippen LogP contribution < -0.4 is 5.32 Å². The SMILES string of the molecule is CCCN(CCC)C(=O)/C(=C\c1cccc([N+](=O)[O-])c1)NC(C)=O. The maximum absolute atomic E-state index is 12.7. The van der Waals surface area contributed by atoms with E-state index in [1.165, 1.54) is 31.2 Å². The van der Waals surface area contributed by atoms with E-state index in [4.69, 9.17) is 0 Å². The van der Waals surface area contributed by atoms with Gasteiger partial charge in [0.1, 0.15) is 5.70 Å². The van der Waals surface area contributed by atoms with Crippen molar-refractivity contribution in [2.45, 2.75) is 33.6 Å². The normalized spacial score (nSPS) is 11.0. The van der Waals surface area contributed by atoms with E-state index in [0.29, 0.717) is 18.7 Å². The van der Waals surface area contributed by atoms with Crippen molar-refractivity contribution in [3.63, 3.8) is 0 Å². The lowest BCUT2D eigenvalue weighted by Crippen LogP contribution is -2.38. The second-order valence-electron chi connectivity index (χ2n) is 5.38. The van der Waals surface area contributed by atoms with Crippen molar-refractivity contribution in [1.82, 2.24) is 10.2 Å². The topological polar surface area (TPSA) is 92.6 Å². The van der Waals surface area contributed by atoms with Crippen molar-refractivity contribution in [2.75, 3.05) is 13.1 Å². The first-order chi connectivity index (χ1) is 11.4. The fourth-order valence-electron chi connectivity index (χ4n) is 2.26. The van der Waals surface area contributed by atoms with Crippen LogP contribution in [0.15, 0.2) is 30.0 Å². The second kappa shape index (κ2) is 9.44. The molecule has 0 bridgehead atoms. The van der Waals surface area contributed by atoms with Gasteiger partial charge in [-0.05, 0) is 24.5 Å². The molecule has 130 valence electrons. The molecule has 0 fully saturated rings. The number of hydrogen-bond donors (Lipinski definition) is 1. The molecule has 2 amide bonds. The van der Waals surface area contributed by atoms with Gasteiger partial charge < -0.3 is 10.2 Å². The molecule has 0 saturated carbocycles. The molecule has 0 atom stereocenters. The van der Waals surface area contributed by atoms with Gasteiger partial charge in [-0.25, -0.2) is 0 Å². The summed E-state index contributed by atoms with van der Waals surface area (Å²) in [5.41, 5.74) is 0.525. The molecule has 0 heterocycles. The molecule has 7 nitrogen and oxygen atoms in total. The first kappa shape index (κ1) is 19.3. The molecule has 0 aliphatic heterocycles. The Balaban J connectivity index is 3.19. The summed E-state index contributed by atoms with van der Waals surface area (Å²) in [7, 11) is 0. The van der Waals surface area contributed by atoms with Gasteiger partial charge in [0.25, 0.3) is 11.6 Å². The molecule has 1 aromatic carbocycles. The van der Waals surface area contributed by atoms with Crippen LogP contribution in [0.25, 0.3) is 6.08 Å². The van der Waals surface area contributed by atoms with Gasteiger partial charge in [0, 0.05) is 32.1 Å². The molecule has 24 heavy (non-hydrogen) atoms. The van der Waals surface area contributed by atoms with E-state index in [2.05, 4.69) is 5.32 Å². The Morgan fingerprint density at radius 3 is 2.38 bits per heavy atom. The second-order valence-corrected chi connectivity index (χ2v) is 5.38. The fourth-order valence-corrected chi connectivity index (χ4v) is 2.26. The molecule has 0 aliphatic rings. The Bertz CT molecular complexity index is 634. The number of non-ortho nitro benzene ring substituents is 1. The Kier molecular flexibility index (Phi) is 7.61. The maximum Gasteiger partial charge on any atom is 0.270 e. The van der Waals surface area contributed by atoms with Crippen LogP contribution in [0.2, 0.25) is 0 Å². The Morgan fingerprint density at radius 2 is 1.88 bits per heavy atom. The lowest BCUT2D eigenvalue weighted by Gasteiger charge is -2.23. The van der Waals surface area contributed by atoms with E-state index in [1.54, 1.807) is 11.0 Å². The van der Waals surface area contributed by atoms with Crippen LogP contribution in [0.3, 0.4) is 0 Å². The van der Waals surface area contributed by atoms with Gasteiger partial charge in [-0.15, -0.1) is 0 Å². The highest BCUT2D eigenvalue weighted by Crippen LogP contribution is 2.16. The zero-order valence-corrected chi connectivity index (χ0v) is 14.2. The zero-order valence-electron chi connectivity index (χ0n) is 14.2. The third-order valence-corrected chi connectivity index (χ3v) is 3.21. The molecule has 7 heteroatoms. The molecule has 0 radical (unpaired) electrons. The minimum Gasteiger partial charge on any atom is -0.337 e. The van der Waals surface area contributed by atoms with E-state index < -0.39 is 4.92 Å². The van der Waals surface area contributed by atoms with Crippen LogP contribution in [0.1, 0.15) is 39.2 Å². The number of nitrogens with zero attached hydrogens (tertiary/aromatic N) is 2. The highest BCUT2D eigenvalue weighted by molar-refractivity contribution is 6.01. The highest BCUT2D eigenvalue weighted by Gasteiger charge is 2.18. The van der Waals surface area contributed by atoms with Gasteiger partial charge in [-0.1, -0.05) is 26.0 Å². The Morgan fingerprint density at radius 1 is 1.25 bits per heavy atom. The number of amides is 2. The molecular formula is C17H23N3O4. The van der Waals surface area contributed by atoms with Gasteiger partial charge in [-0.3, -0.25) is 19.7 Å². The van der Waals surface area contributed by atoms with E-state index >= 15 is 0 Å². The van der Waals surface area contributed by atoms with Crippen molar-refractivity contribution in [3.05, 3.63) is 45.6 Å². The van der Waals surface area contributed by atoms with E-state index in [-0.39, 0.29) is 23.2 Å². The first-order valence-electron chi connectivity index (χ1n) is 7.92. The quantitative estimate of drug-likeness (QED) is 0.450. The van der Waals surface area contributed by atoms with Crippen LogP contribution in [0.4, 0.5) is 5.69 Å². The van der Waals surface area contributed by atoms with Crippen molar-refractivity contribution in [3.8, 4) is 0 Å². The van der Waals surface area contributed by atoms with Crippen molar-refractivity contribution in [1.29, 1.82) is 0 Å². The molecule has 0 spiro atoms. The minimum absolute atomic E-state index is 0.0719. The smallest absolute Gasteiger partial charge is 0.270 e. The number of carbonyl (C=O) groups excluding carboxylic acids is 2. The lowest BCUT2D eigenvalue weighted by atomic mass is 10.1. The van der Waals surface area contributed by atoms with Gasteiger partial charge in [-0.2, -0.15) is 0 Å². The first-order valence-corrected chi connectivity index (χ1v) is 7.92. The summed E-state index contributed by atoms with van der Waals surface area (Å²) < 4.78 is 0. The molecule has 0 saturated heterocycles. The summed E-state index contributed by atoms with van der Waals surface area (Å²) in [6.45, 7) is 6.42. The molecule has 0 aliphatic carbocycles. The van der Waals surface area contributed by atoms with Crippen LogP contribution in [0, 0.1) is 10.1 Å². The average molecular weight is 333 g/mol. The van der Waals surface area contributed by atoms with Gasteiger partial charge in [0.05, 0.1) is 4.92 Å². The van der Waals surface area contributed by atoms with Crippen molar-refractivity contribution in [2.24, 2.45) is 0 Å². The van der Waals surface area contributed by atoms with E-state index in [1.807, 2.05) is 13.8 Å². The lowest BCUT2D eigenvalue weighted by molar-refractivity contribution is -0.384. The standard InChI is InChI=1S/C17H23N3O4/c1-4-9-19(10-5-2)17(22)16(18-13(3)21)12-14-7-6-8-15(11-14)20(23)24/h6-8,11-12H,4-5,9-10H2,1-3H3,(H,18,21)/b16-12+. The average Bonchev–Trinajstić information content (AvgIpc) is 2.53. The van der Waals surface area contributed by atoms with E-state index in [0.717, 1.165) is 12.8 Å². The monoisotopic (exact) mass is 333 g/mol. The summed E-state index contributed by atoms with van der Waals surface area (Å²) in [5.74, 6) is -0.659. The number of nitro benzene ring substituents is 1. The molecule has 0 aromatic heterocycles. The number of hydrogen-bond acceptors (Lipinski definition) is 4. The third-order valence-electron chi connectivity index (χ3n) is 3.21. The number of benzene rings is 1. The maximum atomic E-state index is 12.7. The summed E-state index contributed by atoms with van der Waals surface area (Å²) in [6, 6.07) is 5.92. The molecule has 1 N–H and O–H groups in total. The van der Waals surface area contributed by atoms with Gasteiger partial charge in [0.2, 0.25) is 5.91 Å². The number of rotatable bonds is 8. The van der Waals surface area contributed by atoms with Crippen LogP contribution in [-0.2, 0) is 9.59 Å².